The number of piperazine rings is 1. The van der Waals surface area contributed by atoms with Crippen LogP contribution in [0, 0.1) is 0 Å². The monoisotopic (exact) mass is 408 g/mol. The van der Waals surface area contributed by atoms with Gasteiger partial charge in [-0.25, -0.2) is 0 Å². The van der Waals surface area contributed by atoms with E-state index in [9.17, 15) is 5.11 Å². The molecule has 0 aliphatic carbocycles. The molecule has 2 aliphatic heterocycles. The topological polar surface area (TPSA) is 26.7 Å². The lowest BCUT2D eigenvalue weighted by atomic mass is 9.96. The van der Waals surface area contributed by atoms with Gasteiger partial charge < -0.3 is 5.11 Å². The molecule has 6 heteroatoms. The number of β-amino-alcohol motifs (C(OH)–C–C–N with tert-alkyl or cyclic N) is 1. The summed E-state index contributed by atoms with van der Waals surface area (Å²) in [5.41, 5.74) is 2.65. The van der Waals surface area contributed by atoms with Crippen LogP contribution in [-0.4, -0.2) is 54.2 Å². The lowest BCUT2D eigenvalue weighted by molar-refractivity contribution is 0.0823. The van der Waals surface area contributed by atoms with Gasteiger partial charge in [-0.05, 0) is 47.9 Å². The third kappa shape index (κ3) is 3.91. The molecule has 2 aliphatic rings. The average molecular weight is 409 g/mol. The van der Waals surface area contributed by atoms with Crippen LogP contribution in [0.3, 0.4) is 0 Å². The van der Waals surface area contributed by atoms with Crippen LogP contribution < -0.4 is 0 Å². The molecule has 1 atom stereocenters. The van der Waals surface area contributed by atoms with Crippen molar-refractivity contribution in [3.63, 3.8) is 0 Å². The normalized spacial score (nSPS) is 21.1. The maximum absolute atomic E-state index is 9.18. The zero-order valence-electron chi connectivity index (χ0n) is 14.5. The number of benzene rings is 2. The first-order chi connectivity index (χ1) is 12.6. The number of aliphatic hydroxyl groups excluding tert-OH is 1. The smallest absolute Gasteiger partial charge is 0.0558 e. The molecule has 0 spiro atoms. The predicted molar refractivity (Wildman–Crippen MR) is 109 cm³/mol. The highest BCUT2D eigenvalue weighted by molar-refractivity contribution is 7.99. The van der Waals surface area contributed by atoms with Crippen LogP contribution in [0.2, 0.25) is 10.0 Å². The number of hydrogen-bond acceptors (Lipinski definition) is 4. The number of rotatable bonds is 3. The van der Waals surface area contributed by atoms with Crippen LogP contribution >= 0.6 is 35.0 Å². The summed E-state index contributed by atoms with van der Waals surface area (Å²) < 4.78 is 0. The number of hydrogen-bond donors (Lipinski definition) is 1. The van der Waals surface area contributed by atoms with E-state index in [0.717, 1.165) is 49.2 Å². The SMILES string of the molecule is OCCN1CCN(C2Cc3cc(Cl)ccc3Sc3cc(Cl)ccc32)CC1. The largest absolute Gasteiger partial charge is 0.395 e. The predicted octanol–water partition coefficient (Wildman–Crippen LogP) is 4.35. The minimum absolute atomic E-state index is 0.229. The Balaban J connectivity index is 1.67. The molecular weight excluding hydrogens is 387 g/mol. The molecule has 2 heterocycles. The van der Waals surface area contributed by atoms with Crippen LogP contribution in [0.4, 0.5) is 0 Å². The summed E-state index contributed by atoms with van der Waals surface area (Å²) in [5, 5.41) is 10.7. The van der Waals surface area contributed by atoms with E-state index in [2.05, 4.69) is 34.1 Å². The van der Waals surface area contributed by atoms with Crippen molar-refractivity contribution in [3.05, 3.63) is 57.6 Å². The fourth-order valence-electron chi connectivity index (χ4n) is 3.88. The summed E-state index contributed by atoms with van der Waals surface area (Å²) in [6.07, 6.45) is 0.956. The highest BCUT2D eigenvalue weighted by Gasteiger charge is 2.30. The van der Waals surface area contributed by atoms with E-state index in [4.69, 9.17) is 23.2 Å². The standard InChI is InChI=1S/C20H22Cl2N2OS/c21-15-2-4-19-14(11-15)12-18(17-3-1-16(22)13-20(17)26-19)24-7-5-23(6-8-24)9-10-25/h1-4,11,13,18,25H,5-10,12H2. The molecule has 0 radical (unpaired) electrons. The van der Waals surface area contributed by atoms with Crippen molar-refractivity contribution in [1.29, 1.82) is 0 Å². The Morgan fingerprint density at radius 2 is 1.69 bits per heavy atom. The van der Waals surface area contributed by atoms with Crippen LogP contribution in [0.1, 0.15) is 17.2 Å². The molecule has 2 aromatic rings. The molecule has 4 rings (SSSR count). The van der Waals surface area contributed by atoms with E-state index in [1.165, 1.54) is 20.9 Å². The summed E-state index contributed by atoms with van der Waals surface area (Å²) in [6.45, 7) is 5.00. The maximum Gasteiger partial charge on any atom is 0.0558 e. The second-order valence-electron chi connectivity index (χ2n) is 6.86. The molecule has 0 bridgehead atoms. The first kappa shape index (κ1) is 18.6. The van der Waals surface area contributed by atoms with Gasteiger partial charge in [0.15, 0.2) is 0 Å². The molecule has 1 unspecified atom stereocenters. The first-order valence-electron chi connectivity index (χ1n) is 8.97. The number of fused-ring (bicyclic) bond motifs is 2. The molecule has 138 valence electrons. The fourth-order valence-corrected chi connectivity index (χ4v) is 5.47. The zero-order valence-corrected chi connectivity index (χ0v) is 16.8. The lowest BCUT2D eigenvalue weighted by Crippen LogP contribution is -2.48. The average Bonchev–Trinajstić information content (AvgIpc) is 2.78. The number of nitrogens with zero attached hydrogens (tertiary/aromatic N) is 2. The highest BCUT2D eigenvalue weighted by atomic mass is 35.5. The van der Waals surface area contributed by atoms with Gasteiger partial charge in [0.05, 0.1) is 6.61 Å². The zero-order chi connectivity index (χ0) is 18.1. The minimum Gasteiger partial charge on any atom is -0.395 e. The fraction of sp³-hybridized carbons (Fsp3) is 0.400. The second-order valence-corrected chi connectivity index (χ2v) is 8.81. The minimum atomic E-state index is 0.229. The van der Waals surface area contributed by atoms with Gasteiger partial charge in [-0.2, -0.15) is 0 Å². The molecule has 1 saturated heterocycles. The van der Waals surface area contributed by atoms with E-state index in [1.807, 2.05) is 12.1 Å². The molecule has 2 aromatic carbocycles. The van der Waals surface area contributed by atoms with Crippen molar-refractivity contribution in [1.82, 2.24) is 9.80 Å². The van der Waals surface area contributed by atoms with Gasteiger partial charge in [-0.1, -0.05) is 41.0 Å². The van der Waals surface area contributed by atoms with Crippen molar-refractivity contribution < 1.29 is 5.11 Å². The summed E-state index contributed by atoms with van der Waals surface area (Å²) in [6, 6.07) is 12.8. The Morgan fingerprint density at radius 3 is 2.46 bits per heavy atom. The van der Waals surface area contributed by atoms with Gasteiger partial charge >= 0.3 is 0 Å². The highest BCUT2D eigenvalue weighted by Crippen LogP contribution is 2.44. The summed E-state index contributed by atoms with van der Waals surface area (Å²) in [4.78, 5) is 7.40. The third-order valence-electron chi connectivity index (χ3n) is 5.25. The molecule has 1 fully saturated rings. The van der Waals surface area contributed by atoms with Gasteiger partial charge in [0.1, 0.15) is 0 Å². The number of aliphatic hydroxyl groups is 1. The van der Waals surface area contributed by atoms with E-state index in [-0.39, 0.29) is 6.61 Å². The summed E-state index contributed by atoms with van der Waals surface area (Å²) in [7, 11) is 0. The Morgan fingerprint density at radius 1 is 0.962 bits per heavy atom. The van der Waals surface area contributed by atoms with E-state index in [1.54, 1.807) is 11.8 Å². The van der Waals surface area contributed by atoms with Crippen molar-refractivity contribution in [3.8, 4) is 0 Å². The van der Waals surface area contributed by atoms with Gasteiger partial charge in [0.2, 0.25) is 0 Å². The molecule has 0 saturated carbocycles. The van der Waals surface area contributed by atoms with Crippen LogP contribution in [-0.2, 0) is 6.42 Å². The first-order valence-corrected chi connectivity index (χ1v) is 10.5. The molecule has 3 nitrogen and oxygen atoms in total. The molecule has 26 heavy (non-hydrogen) atoms. The number of halogens is 2. The van der Waals surface area contributed by atoms with Crippen molar-refractivity contribution in [2.75, 3.05) is 39.3 Å². The van der Waals surface area contributed by atoms with E-state index >= 15 is 0 Å². The van der Waals surface area contributed by atoms with Crippen LogP contribution in [0.5, 0.6) is 0 Å². The molecule has 1 N–H and O–H groups in total. The maximum atomic E-state index is 9.18. The van der Waals surface area contributed by atoms with Gasteiger partial charge in [0, 0.05) is 58.6 Å². The lowest BCUT2D eigenvalue weighted by Gasteiger charge is -2.39. The Labute approximate surface area is 168 Å². The molecular formula is C20H22Cl2N2OS. The Hall–Kier alpha value is -0.750. The van der Waals surface area contributed by atoms with Gasteiger partial charge in [-0.3, -0.25) is 9.80 Å². The van der Waals surface area contributed by atoms with Crippen molar-refractivity contribution in [2.45, 2.75) is 22.3 Å². The third-order valence-corrected chi connectivity index (χ3v) is 6.92. The quantitative estimate of drug-likeness (QED) is 0.816. The second kappa shape index (κ2) is 8.09. The van der Waals surface area contributed by atoms with Crippen molar-refractivity contribution >= 4 is 35.0 Å². The van der Waals surface area contributed by atoms with Crippen molar-refractivity contribution in [2.24, 2.45) is 0 Å². The van der Waals surface area contributed by atoms with Gasteiger partial charge in [0.25, 0.3) is 0 Å². The van der Waals surface area contributed by atoms with Crippen LogP contribution in [0.25, 0.3) is 0 Å². The van der Waals surface area contributed by atoms with E-state index < -0.39 is 0 Å². The summed E-state index contributed by atoms with van der Waals surface area (Å²) in [5.74, 6) is 0. The molecule has 0 aromatic heterocycles. The Bertz CT molecular complexity index is 793. The summed E-state index contributed by atoms with van der Waals surface area (Å²) >= 11 is 14.4. The van der Waals surface area contributed by atoms with E-state index in [0.29, 0.717) is 6.04 Å². The Kier molecular flexibility index (Phi) is 5.79. The van der Waals surface area contributed by atoms with Gasteiger partial charge in [-0.15, -0.1) is 0 Å². The van der Waals surface area contributed by atoms with Crippen LogP contribution in [0.15, 0.2) is 46.2 Å². The molecule has 0 amide bonds.